The van der Waals surface area contributed by atoms with E-state index in [1.807, 2.05) is 6.92 Å². The van der Waals surface area contributed by atoms with E-state index in [0.29, 0.717) is 36.1 Å². The Morgan fingerprint density at radius 2 is 1.90 bits per heavy atom. The fourth-order valence-corrected chi connectivity index (χ4v) is 3.78. The Hall–Kier alpha value is -2.58. The van der Waals surface area contributed by atoms with Gasteiger partial charge in [-0.2, -0.15) is 0 Å². The van der Waals surface area contributed by atoms with E-state index in [1.165, 1.54) is 25.0 Å². The molecule has 1 saturated heterocycles. The van der Waals surface area contributed by atoms with E-state index in [-0.39, 0.29) is 17.6 Å². The van der Waals surface area contributed by atoms with Gasteiger partial charge in [-0.15, -0.1) is 0 Å². The van der Waals surface area contributed by atoms with Crippen LogP contribution < -0.4 is 10.6 Å². The van der Waals surface area contributed by atoms with Gasteiger partial charge >= 0.3 is 0 Å². The molecule has 168 valence electrons. The van der Waals surface area contributed by atoms with E-state index in [2.05, 4.69) is 15.5 Å². The van der Waals surface area contributed by atoms with E-state index in [1.54, 1.807) is 26.2 Å². The van der Waals surface area contributed by atoms with Gasteiger partial charge in [0, 0.05) is 32.7 Å². The number of aromatic nitrogens is 2. The summed E-state index contributed by atoms with van der Waals surface area (Å²) in [5, 5.41) is 6.23. The smallest absolute Gasteiger partial charge is 0.271 e. The van der Waals surface area contributed by atoms with E-state index in [0.717, 1.165) is 31.7 Å². The first kappa shape index (κ1) is 23.1. The van der Waals surface area contributed by atoms with Crippen molar-refractivity contribution >= 4 is 11.7 Å². The zero-order valence-electron chi connectivity index (χ0n) is 18.6. The van der Waals surface area contributed by atoms with Crippen LogP contribution in [0.4, 0.5) is 10.2 Å². The quantitative estimate of drug-likeness (QED) is 0.566. The van der Waals surface area contributed by atoms with Crippen molar-refractivity contribution in [2.45, 2.75) is 32.6 Å². The summed E-state index contributed by atoms with van der Waals surface area (Å²) in [5.74, 6) is -0.0539. The molecule has 2 heterocycles. The number of hydrogen-bond donors (Lipinski definition) is 2. The number of methoxy groups -OCH3 is 1. The van der Waals surface area contributed by atoms with Crippen molar-refractivity contribution in [3.05, 3.63) is 52.7 Å². The molecule has 3 rings (SSSR count). The Bertz CT molecular complexity index is 869. The van der Waals surface area contributed by atoms with E-state index in [4.69, 9.17) is 14.7 Å². The number of anilines is 1. The number of benzene rings is 1. The number of carbonyl (C=O) groups excluding carboxylic acids is 1. The average molecular weight is 430 g/mol. The fraction of sp³-hybridized carbons (Fsp3) is 0.522. The standard InChI is InChI=1S/C23H32FN5O2/c1-16(18-6-8-19(24)9-7-18)20-22(25-10-14-29-12-4-5-13-29)27-17(2)21(28-20)23(30)26-11-15-31-3/h6-9,16H,4-5,10-15H2,1-3H3,(H,25,27)(H,26,30). The highest BCUT2D eigenvalue weighted by molar-refractivity contribution is 5.93. The van der Waals surface area contributed by atoms with Gasteiger partial charge in [-0.25, -0.2) is 14.4 Å². The van der Waals surface area contributed by atoms with Crippen molar-refractivity contribution in [3.63, 3.8) is 0 Å². The molecule has 2 aromatic rings. The molecule has 1 amide bonds. The third-order valence-corrected chi connectivity index (χ3v) is 5.60. The molecule has 8 heteroatoms. The minimum absolute atomic E-state index is 0.159. The zero-order chi connectivity index (χ0) is 22.2. The molecular weight excluding hydrogens is 397 g/mol. The summed E-state index contributed by atoms with van der Waals surface area (Å²) >= 11 is 0. The van der Waals surface area contributed by atoms with Crippen molar-refractivity contribution in [2.24, 2.45) is 0 Å². The van der Waals surface area contributed by atoms with Crippen LogP contribution in [0.15, 0.2) is 24.3 Å². The van der Waals surface area contributed by atoms with Crippen molar-refractivity contribution in [1.82, 2.24) is 20.2 Å². The highest BCUT2D eigenvalue weighted by Gasteiger charge is 2.22. The van der Waals surface area contributed by atoms with Gasteiger partial charge in [0.05, 0.1) is 18.0 Å². The lowest BCUT2D eigenvalue weighted by molar-refractivity contribution is 0.0930. The molecular formula is C23H32FN5O2. The summed E-state index contributed by atoms with van der Waals surface area (Å²) < 4.78 is 18.4. The number of halogens is 1. The maximum absolute atomic E-state index is 13.4. The van der Waals surface area contributed by atoms with Crippen LogP contribution in [0.25, 0.3) is 0 Å². The molecule has 0 aliphatic carbocycles. The number of hydrogen-bond acceptors (Lipinski definition) is 6. The van der Waals surface area contributed by atoms with Gasteiger partial charge in [0.15, 0.2) is 0 Å². The number of amides is 1. The maximum atomic E-state index is 13.4. The van der Waals surface area contributed by atoms with Crippen LogP contribution in [0.5, 0.6) is 0 Å². The molecule has 1 aliphatic heterocycles. The van der Waals surface area contributed by atoms with Crippen LogP contribution >= 0.6 is 0 Å². The molecule has 0 radical (unpaired) electrons. The molecule has 0 spiro atoms. The number of likely N-dealkylation sites (tertiary alicyclic amines) is 1. The fourth-order valence-electron chi connectivity index (χ4n) is 3.78. The molecule has 1 aromatic carbocycles. The summed E-state index contributed by atoms with van der Waals surface area (Å²) in [6.45, 7) is 8.54. The molecule has 7 nitrogen and oxygen atoms in total. The zero-order valence-corrected chi connectivity index (χ0v) is 18.6. The van der Waals surface area contributed by atoms with E-state index >= 15 is 0 Å². The van der Waals surface area contributed by atoms with Crippen LogP contribution in [0.1, 0.15) is 53.1 Å². The molecule has 1 atom stereocenters. The minimum Gasteiger partial charge on any atom is -0.383 e. The number of aryl methyl sites for hydroxylation is 1. The Morgan fingerprint density at radius 1 is 1.19 bits per heavy atom. The van der Waals surface area contributed by atoms with Crippen LogP contribution in [-0.4, -0.2) is 67.2 Å². The van der Waals surface area contributed by atoms with Crippen molar-refractivity contribution < 1.29 is 13.9 Å². The van der Waals surface area contributed by atoms with E-state index in [9.17, 15) is 9.18 Å². The van der Waals surface area contributed by atoms with Crippen molar-refractivity contribution in [3.8, 4) is 0 Å². The lowest BCUT2D eigenvalue weighted by atomic mass is 9.97. The summed E-state index contributed by atoms with van der Waals surface area (Å²) in [7, 11) is 1.59. The van der Waals surface area contributed by atoms with Gasteiger partial charge in [0.25, 0.3) is 5.91 Å². The van der Waals surface area contributed by atoms with Gasteiger partial charge in [-0.1, -0.05) is 19.1 Å². The molecule has 1 aliphatic rings. The first-order valence-corrected chi connectivity index (χ1v) is 10.9. The van der Waals surface area contributed by atoms with Crippen LogP contribution in [0.2, 0.25) is 0 Å². The van der Waals surface area contributed by atoms with Crippen LogP contribution in [0, 0.1) is 12.7 Å². The molecule has 31 heavy (non-hydrogen) atoms. The number of rotatable bonds is 10. The monoisotopic (exact) mass is 429 g/mol. The topological polar surface area (TPSA) is 79.4 Å². The lowest BCUT2D eigenvalue weighted by Crippen LogP contribution is -2.30. The number of ether oxygens (including phenoxy) is 1. The molecule has 1 fully saturated rings. The van der Waals surface area contributed by atoms with Gasteiger partial charge in [0.2, 0.25) is 0 Å². The molecule has 0 saturated carbocycles. The number of carbonyl (C=O) groups is 1. The third kappa shape index (κ3) is 6.21. The van der Waals surface area contributed by atoms with Crippen LogP contribution in [0.3, 0.4) is 0 Å². The van der Waals surface area contributed by atoms with Gasteiger partial charge in [0.1, 0.15) is 17.3 Å². The number of nitrogens with zero attached hydrogens (tertiary/aromatic N) is 3. The Labute approximate surface area is 183 Å². The second kappa shape index (κ2) is 11.2. The predicted octanol–water partition coefficient (Wildman–Crippen LogP) is 2.96. The first-order valence-electron chi connectivity index (χ1n) is 10.9. The molecule has 1 unspecified atom stereocenters. The van der Waals surface area contributed by atoms with E-state index < -0.39 is 0 Å². The maximum Gasteiger partial charge on any atom is 0.271 e. The van der Waals surface area contributed by atoms with Gasteiger partial charge < -0.3 is 20.3 Å². The Kier molecular flexibility index (Phi) is 8.31. The number of nitrogens with one attached hydrogen (secondary N) is 2. The summed E-state index contributed by atoms with van der Waals surface area (Å²) in [5.41, 5.74) is 2.45. The average Bonchev–Trinajstić information content (AvgIpc) is 3.27. The Balaban J connectivity index is 1.85. The first-order chi connectivity index (χ1) is 15.0. The SMILES string of the molecule is COCCNC(=O)c1nc(C(C)c2ccc(F)cc2)c(NCCN2CCCC2)nc1C. The van der Waals surface area contributed by atoms with Crippen LogP contribution in [-0.2, 0) is 4.74 Å². The normalized spacial score (nSPS) is 15.1. The minimum atomic E-state index is -0.284. The third-order valence-electron chi connectivity index (χ3n) is 5.60. The molecule has 0 bridgehead atoms. The van der Waals surface area contributed by atoms with Crippen molar-refractivity contribution in [2.75, 3.05) is 51.8 Å². The van der Waals surface area contributed by atoms with Gasteiger partial charge in [-0.3, -0.25) is 4.79 Å². The lowest BCUT2D eigenvalue weighted by Gasteiger charge is -2.20. The summed E-state index contributed by atoms with van der Waals surface area (Å²) in [4.78, 5) is 24.5. The van der Waals surface area contributed by atoms with Crippen molar-refractivity contribution in [1.29, 1.82) is 0 Å². The van der Waals surface area contributed by atoms with Gasteiger partial charge in [-0.05, 0) is 50.6 Å². The molecule has 1 aromatic heterocycles. The highest BCUT2D eigenvalue weighted by Crippen LogP contribution is 2.28. The second-order valence-corrected chi connectivity index (χ2v) is 7.89. The summed E-state index contributed by atoms with van der Waals surface area (Å²) in [6, 6.07) is 6.36. The summed E-state index contributed by atoms with van der Waals surface area (Å²) in [6.07, 6.45) is 2.50. The predicted molar refractivity (Wildman–Crippen MR) is 119 cm³/mol. The largest absolute Gasteiger partial charge is 0.383 e. The Morgan fingerprint density at radius 3 is 2.58 bits per heavy atom. The molecule has 2 N–H and O–H groups in total. The highest BCUT2D eigenvalue weighted by atomic mass is 19.1. The second-order valence-electron chi connectivity index (χ2n) is 7.89.